The van der Waals surface area contributed by atoms with Crippen LogP contribution in [0.5, 0.6) is 5.75 Å². The molecule has 0 N–H and O–H groups in total. The van der Waals surface area contributed by atoms with Crippen molar-refractivity contribution in [3.63, 3.8) is 0 Å². The summed E-state index contributed by atoms with van der Waals surface area (Å²) in [4.78, 5) is 4.01. The van der Waals surface area contributed by atoms with Gasteiger partial charge in [-0.2, -0.15) is 8.78 Å². The third-order valence-corrected chi connectivity index (χ3v) is 2.59. The fourth-order valence-electron chi connectivity index (χ4n) is 1.31. The summed E-state index contributed by atoms with van der Waals surface area (Å²) in [6.07, 6.45) is 1.53. The average Bonchev–Trinajstić information content (AvgIpc) is 2.19. The molecule has 15 heavy (non-hydrogen) atoms. The molecule has 0 saturated heterocycles. The predicted molar refractivity (Wildman–Crippen MR) is 56.1 cm³/mol. The molecule has 1 aromatic carbocycles. The highest BCUT2D eigenvalue weighted by atomic mass is 79.9. The Labute approximate surface area is 93.0 Å². The Balaban J connectivity index is 2.61. The van der Waals surface area contributed by atoms with E-state index in [4.69, 9.17) is 0 Å². The molecule has 2 nitrogen and oxygen atoms in total. The molecule has 1 aromatic heterocycles. The Morgan fingerprint density at radius 3 is 2.80 bits per heavy atom. The van der Waals surface area contributed by atoms with Gasteiger partial charge in [0, 0.05) is 16.1 Å². The third-order valence-electron chi connectivity index (χ3n) is 1.90. The second kappa shape index (κ2) is 4.10. The van der Waals surface area contributed by atoms with Crippen molar-refractivity contribution in [1.82, 2.24) is 4.98 Å². The first kappa shape index (κ1) is 10.3. The van der Waals surface area contributed by atoms with E-state index >= 15 is 0 Å². The lowest BCUT2D eigenvalue weighted by atomic mass is 10.2. The molecule has 0 saturated carbocycles. The summed E-state index contributed by atoms with van der Waals surface area (Å²) in [7, 11) is 0. The van der Waals surface area contributed by atoms with E-state index in [1.807, 2.05) is 0 Å². The van der Waals surface area contributed by atoms with Crippen molar-refractivity contribution in [3.8, 4) is 5.75 Å². The summed E-state index contributed by atoms with van der Waals surface area (Å²) in [5, 5.41) is 0.746. The van der Waals surface area contributed by atoms with E-state index in [1.54, 1.807) is 18.2 Å². The van der Waals surface area contributed by atoms with Crippen molar-refractivity contribution in [3.05, 3.63) is 34.9 Å². The molecule has 0 atom stereocenters. The molecule has 0 aliphatic heterocycles. The number of fused-ring (bicyclic) bond motifs is 1. The lowest BCUT2D eigenvalue weighted by Gasteiger charge is -2.07. The molecule has 0 amide bonds. The Bertz CT molecular complexity index is 490. The number of pyridine rings is 1. The molecule has 0 aliphatic carbocycles. The first-order valence-corrected chi connectivity index (χ1v) is 4.96. The second-order valence-electron chi connectivity index (χ2n) is 2.82. The Morgan fingerprint density at radius 2 is 2.07 bits per heavy atom. The van der Waals surface area contributed by atoms with Gasteiger partial charge in [-0.25, -0.2) is 0 Å². The monoisotopic (exact) mass is 273 g/mol. The molecule has 0 radical (unpaired) electrons. The lowest BCUT2D eigenvalue weighted by molar-refractivity contribution is -0.0489. The highest BCUT2D eigenvalue weighted by Gasteiger charge is 2.09. The van der Waals surface area contributed by atoms with E-state index in [9.17, 15) is 8.78 Å². The number of benzene rings is 1. The average molecular weight is 274 g/mol. The van der Waals surface area contributed by atoms with Crippen LogP contribution in [0.2, 0.25) is 0 Å². The van der Waals surface area contributed by atoms with Crippen molar-refractivity contribution < 1.29 is 13.5 Å². The van der Waals surface area contributed by atoms with Gasteiger partial charge >= 0.3 is 6.61 Å². The van der Waals surface area contributed by atoms with Gasteiger partial charge in [0.05, 0.1) is 0 Å². The van der Waals surface area contributed by atoms with Crippen LogP contribution in [-0.4, -0.2) is 11.6 Å². The van der Waals surface area contributed by atoms with Gasteiger partial charge < -0.3 is 4.74 Å². The number of nitrogens with zero attached hydrogens (tertiary/aromatic N) is 1. The van der Waals surface area contributed by atoms with Crippen LogP contribution in [0.4, 0.5) is 8.78 Å². The predicted octanol–water partition coefficient (Wildman–Crippen LogP) is 3.60. The Morgan fingerprint density at radius 1 is 1.27 bits per heavy atom. The van der Waals surface area contributed by atoms with Gasteiger partial charge in [0.2, 0.25) is 0 Å². The largest absolute Gasteiger partial charge is 0.432 e. The second-order valence-corrected chi connectivity index (χ2v) is 3.68. The van der Waals surface area contributed by atoms with Crippen molar-refractivity contribution in [2.45, 2.75) is 6.61 Å². The fraction of sp³-hybridized carbons (Fsp3) is 0.100. The van der Waals surface area contributed by atoms with Crippen LogP contribution >= 0.6 is 15.9 Å². The molecule has 0 spiro atoms. The van der Waals surface area contributed by atoms with Gasteiger partial charge in [0.1, 0.15) is 5.52 Å². The number of aromatic nitrogens is 1. The van der Waals surface area contributed by atoms with Gasteiger partial charge in [-0.15, -0.1) is 0 Å². The first-order chi connectivity index (χ1) is 7.18. The van der Waals surface area contributed by atoms with Crippen LogP contribution in [0.25, 0.3) is 10.9 Å². The number of hydrogen-bond acceptors (Lipinski definition) is 2. The maximum absolute atomic E-state index is 12.1. The SMILES string of the molecule is FC(F)Oc1cccc2c(Br)ccnc12. The highest BCUT2D eigenvalue weighted by molar-refractivity contribution is 9.10. The molecule has 0 aliphatic rings. The van der Waals surface area contributed by atoms with E-state index in [0.29, 0.717) is 5.52 Å². The molecule has 0 unspecified atom stereocenters. The number of ether oxygens (including phenoxy) is 1. The zero-order valence-corrected chi connectivity index (χ0v) is 9.04. The molecule has 0 fully saturated rings. The molecular formula is C10H6BrF2NO. The summed E-state index contributed by atoms with van der Waals surface area (Å²) in [5.41, 5.74) is 0.423. The zero-order chi connectivity index (χ0) is 10.8. The van der Waals surface area contributed by atoms with E-state index in [1.165, 1.54) is 12.3 Å². The summed E-state index contributed by atoms with van der Waals surface area (Å²) in [6, 6.07) is 6.64. The maximum Gasteiger partial charge on any atom is 0.387 e. The standard InChI is InChI=1S/C10H6BrF2NO/c11-7-4-5-14-9-6(7)2-1-3-8(9)15-10(12)13/h1-5,10H. The molecule has 2 rings (SSSR count). The minimum Gasteiger partial charge on any atom is -0.432 e. The smallest absolute Gasteiger partial charge is 0.387 e. The Hall–Kier alpha value is -1.23. The van der Waals surface area contributed by atoms with E-state index in [-0.39, 0.29) is 5.75 Å². The fourth-order valence-corrected chi connectivity index (χ4v) is 1.74. The quantitative estimate of drug-likeness (QED) is 0.834. The highest BCUT2D eigenvalue weighted by Crippen LogP contribution is 2.29. The van der Waals surface area contributed by atoms with E-state index in [2.05, 4.69) is 25.7 Å². The topological polar surface area (TPSA) is 22.1 Å². The summed E-state index contributed by atoms with van der Waals surface area (Å²) in [6.45, 7) is -2.84. The molecule has 0 bridgehead atoms. The number of hydrogen-bond donors (Lipinski definition) is 0. The first-order valence-electron chi connectivity index (χ1n) is 4.16. The van der Waals surface area contributed by atoms with Crippen LogP contribution in [0.3, 0.4) is 0 Å². The Kier molecular flexibility index (Phi) is 2.81. The van der Waals surface area contributed by atoms with Crippen LogP contribution in [0.1, 0.15) is 0 Å². The summed E-state index contributed by atoms with van der Waals surface area (Å²) >= 11 is 3.31. The number of rotatable bonds is 2. The van der Waals surface area contributed by atoms with Gasteiger partial charge in [-0.3, -0.25) is 4.98 Å². The zero-order valence-electron chi connectivity index (χ0n) is 7.45. The van der Waals surface area contributed by atoms with Crippen LogP contribution in [-0.2, 0) is 0 Å². The lowest BCUT2D eigenvalue weighted by Crippen LogP contribution is -2.02. The molecule has 78 valence electrons. The van der Waals surface area contributed by atoms with Crippen LogP contribution in [0, 0.1) is 0 Å². The number of halogens is 3. The number of alkyl halides is 2. The van der Waals surface area contributed by atoms with Crippen molar-refractivity contribution in [1.29, 1.82) is 0 Å². The normalized spacial score (nSPS) is 10.9. The molecular weight excluding hydrogens is 268 g/mol. The summed E-state index contributed by atoms with van der Waals surface area (Å²) in [5.74, 6) is 0.0869. The number of para-hydroxylation sites is 1. The third kappa shape index (κ3) is 2.07. The van der Waals surface area contributed by atoms with Gasteiger partial charge in [0.25, 0.3) is 0 Å². The van der Waals surface area contributed by atoms with Crippen LogP contribution < -0.4 is 4.74 Å². The minimum atomic E-state index is -2.84. The molecule has 2 aromatic rings. The van der Waals surface area contributed by atoms with Crippen LogP contribution in [0.15, 0.2) is 34.9 Å². The van der Waals surface area contributed by atoms with Gasteiger partial charge in [-0.05, 0) is 12.1 Å². The molecule has 1 heterocycles. The maximum atomic E-state index is 12.1. The van der Waals surface area contributed by atoms with Gasteiger partial charge in [-0.1, -0.05) is 28.1 Å². The van der Waals surface area contributed by atoms with Crippen molar-refractivity contribution in [2.75, 3.05) is 0 Å². The molecule has 5 heteroatoms. The van der Waals surface area contributed by atoms with Crippen molar-refractivity contribution >= 4 is 26.8 Å². The van der Waals surface area contributed by atoms with Gasteiger partial charge in [0.15, 0.2) is 5.75 Å². The minimum absolute atomic E-state index is 0.0869. The van der Waals surface area contributed by atoms with E-state index in [0.717, 1.165) is 9.86 Å². The summed E-state index contributed by atoms with van der Waals surface area (Å²) < 4.78 is 29.3. The van der Waals surface area contributed by atoms with Crippen molar-refractivity contribution in [2.24, 2.45) is 0 Å². The van der Waals surface area contributed by atoms with E-state index < -0.39 is 6.61 Å².